The Labute approximate surface area is 220 Å². The summed E-state index contributed by atoms with van der Waals surface area (Å²) in [6.07, 6.45) is -2.13. The van der Waals surface area contributed by atoms with Gasteiger partial charge < -0.3 is 19.8 Å². The fourth-order valence-electron chi connectivity index (χ4n) is 5.56. The summed E-state index contributed by atoms with van der Waals surface area (Å²) < 4.78 is 44.1. The highest BCUT2D eigenvalue weighted by molar-refractivity contribution is 5.66. The second-order valence-electron chi connectivity index (χ2n) is 10.1. The average molecular weight is 540 g/mol. The number of likely N-dealkylation sites (N-methyl/N-ethyl adjacent to an activating group) is 2. The number of halogens is 3. The number of aldehydes is 1. The summed E-state index contributed by atoms with van der Waals surface area (Å²) in [6.45, 7) is 3.48. The van der Waals surface area contributed by atoms with E-state index < -0.39 is 18.1 Å². The van der Waals surface area contributed by atoms with Gasteiger partial charge in [0.05, 0.1) is 23.7 Å². The molecule has 2 unspecified atom stereocenters. The quantitative estimate of drug-likeness (QED) is 0.375. The lowest BCUT2D eigenvalue weighted by atomic mass is 9.89. The molecule has 210 valence electrons. The molecule has 3 N–H and O–H groups in total. The maximum Gasteiger partial charge on any atom is 0.573 e. The molecule has 1 aromatic carbocycles. The van der Waals surface area contributed by atoms with Crippen LogP contribution in [0.15, 0.2) is 24.3 Å². The summed E-state index contributed by atoms with van der Waals surface area (Å²) in [5, 5.41) is 28.8. The number of rotatable bonds is 11. The standard InChI is InChI=1S/C26H36F3N5O4/c1-17-22(24(37)25(16-36,30-2)33-11-9-19(10-12-33)32(3)13-14-35)23(18-7-8-18)34(31-17)20-5-4-6-21(15-20)38-26(27,28)29/h4-6,15-16,18-19,24,30,35,37H,7-14H2,1-3H3. The summed E-state index contributed by atoms with van der Waals surface area (Å²) >= 11 is 0. The molecule has 2 aliphatic rings. The first kappa shape index (κ1) is 28.5. The minimum absolute atomic E-state index is 0.0621. The minimum Gasteiger partial charge on any atom is -0.406 e. The van der Waals surface area contributed by atoms with Crippen LogP contribution in [0.1, 0.15) is 54.7 Å². The van der Waals surface area contributed by atoms with Crippen LogP contribution in [0.25, 0.3) is 5.69 Å². The normalized spacial score (nSPS) is 19.9. The predicted octanol–water partition coefficient (Wildman–Crippen LogP) is 2.49. The first-order valence-corrected chi connectivity index (χ1v) is 12.9. The van der Waals surface area contributed by atoms with E-state index in [1.165, 1.54) is 18.2 Å². The van der Waals surface area contributed by atoms with Crippen molar-refractivity contribution >= 4 is 6.29 Å². The van der Waals surface area contributed by atoms with Crippen LogP contribution in [-0.2, 0) is 4.79 Å². The van der Waals surface area contributed by atoms with Gasteiger partial charge in [0.2, 0.25) is 0 Å². The largest absolute Gasteiger partial charge is 0.573 e. The number of aliphatic hydroxyl groups is 2. The summed E-state index contributed by atoms with van der Waals surface area (Å²) in [7, 11) is 3.60. The van der Waals surface area contributed by atoms with Gasteiger partial charge in [-0.3, -0.25) is 15.0 Å². The van der Waals surface area contributed by atoms with Gasteiger partial charge in [0.15, 0.2) is 11.9 Å². The van der Waals surface area contributed by atoms with Crippen molar-refractivity contribution in [3.8, 4) is 11.4 Å². The summed E-state index contributed by atoms with van der Waals surface area (Å²) in [5.74, 6) is -0.300. The van der Waals surface area contributed by atoms with Gasteiger partial charge in [-0.15, -0.1) is 13.2 Å². The highest BCUT2D eigenvalue weighted by atomic mass is 19.4. The van der Waals surface area contributed by atoms with E-state index in [9.17, 15) is 28.2 Å². The molecule has 9 nitrogen and oxygen atoms in total. The Morgan fingerprint density at radius 3 is 2.50 bits per heavy atom. The third kappa shape index (κ3) is 5.74. The topological polar surface area (TPSA) is 103 Å². The molecule has 2 fully saturated rings. The fourth-order valence-corrected chi connectivity index (χ4v) is 5.56. The zero-order chi connectivity index (χ0) is 27.7. The number of carbonyl (C=O) groups excluding carboxylic acids is 1. The minimum atomic E-state index is -4.82. The summed E-state index contributed by atoms with van der Waals surface area (Å²) in [6, 6.07) is 5.84. The Bertz CT molecular complexity index is 1110. The lowest BCUT2D eigenvalue weighted by Gasteiger charge is -2.47. The molecule has 38 heavy (non-hydrogen) atoms. The van der Waals surface area contributed by atoms with Crippen LogP contribution >= 0.6 is 0 Å². The van der Waals surface area contributed by atoms with Crippen LogP contribution in [0.3, 0.4) is 0 Å². The number of hydrogen-bond donors (Lipinski definition) is 3. The average Bonchev–Trinajstić information content (AvgIpc) is 3.66. The molecule has 2 atom stereocenters. The van der Waals surface area contributed by atoms with Crippen LogP contribution in [0, 0.1) is 6.92 Å². The van der Waals surface area contributed by atoms with E-state index in [1.807, 2.05) is 11.9 Å². The molecule has 2 aromatic rings. The second-order valence-corrected chi connectivity index (χ2v) is 10.1. The number of nitrogens with zero attached hydrogens (tertiary/aromatic N) is 4. The Hall–Kier alpha value is -2.51. The maximum atomic E-state index is 12.8. The van der Waals surface area contributed by atoms with Crippen LogP contribution in [0.4, 0.5) is 13.2 Å². The number of aliphatic hydroxyl groups excluding tert-OH is 2. The number of likely N-dealkylation sites (tertiary alicyclic amines) is 1. The Morgan fingerprint density at radius 1 is 1.26 bits per heavy atom. The van der Waals surface area contributed by atoms with Crippen molar-refractivity contribution in [1.29, 1.82) is 0 Å². The summed E-state index contributed by atoms with van der Waals surface area (Å²) in [5.41, 5.74) is 0.669. The van der Waals surface area contributed by atoms with Crippen LogP contribution in [0.2, 0.25) is 0 Å². The van der Waals surface area contributed by atoms with Crippen molar-refractivity contribution in [1.82, 2.24) is 24.9 Å². The molecular weight excluding hydrogens is 503 g/mol. The highest BCUT2D eigenvalue weighted by Gasteiger charge is 2.48. The number of benzene rings is 1. The highest BCUT2D eigenvalue weighted by Crippen LogP contribution is 2.47. The number of nitrogens with one attached hydrogen (secondary N) is 1. The monoisotopic (exact) mass is 539 g/mol. The van der Waals surface area contributed by atoms with Crippen LogP contribution in [0.5, 0.6) is 5.75 Å². The van der Waals surface area contributed by atoms with Gasteiger partial charge >= 0.3 is 6.36 Å². The molecule has 0 amide bonds. The molecule has 0 bridgehead atoms. The SMILES string of the molecule is CNC(C=O)(C(O)c1c(C)nn(-c2cccc(OC(F)(F)F)c2)c1C1CC1)N1CCC(N(C)CCO)CC1. The van der Waals surface area contributed by atoms with E-state index >= 15 is 0 Å². The number of aromatic nitrogens is 2. The van der Waals surface area contributed by atoms with E-state index in [2.05, 4.69) is 20.1 Å². The van der Waals surface area contributed by atoms with E-state index in [-0.39, 0.29) is 24.3 Å². The van der Waals surface area contributed by atoms with E-state index in [0.717, 1.165) is 32.0 Å². The van der Waals surface area contributed by atoms with Crippen molar-refractivity contribution in [2.24, 2.45) is 0 Å². The molecule has 1 aromatic heterocycles. The van der Waals surface area contributed by atoms with Gasteiger partial charge in [-0.2, -0.15) is 5.10 Å². The zero-order valence-corrected chi connectivity index (χ0v) is 21.9. The first-order chi connectivity index (χ1) is 18.0. The number of aryl methyl sites for hydroxylation is 1. The second kappa shape index (κ2) is 11.3. The van der Waals surface area contributed by atoms with Crippen molar-refractivity contribution in [2.45, 2.75) is 62.7 Å². The lowest BCUT2D eigenvalue weighted by Crippen LogP contribution is -2.65. The van der Waals surface area contributed by atoms with E-state index in [0.29, 0.717) is 42.3 Å². The molecule has 4 rings (SSSR count). The third-order valence-corrected chi connectivity index (χ3v) is 7.74. The Morgan fingerprint density at radius 2 is 1.95 bits per heavy atom. The van der Waals surface area contributed by atoms with Gasteiger partial charge in [-0.05, 0) is 58.8 Å². The molecule has 1 aliphatic carbocycles. The Balaban J connectivity index is 1.68. The summed E-state index contributed by atoms with van der Waals surface area (Å²) in [4.78, 5) is 16.7. The molecule has 0 radical (unpaired) electrons. The van der Waals surface area contributed by atoms with Crippen molar-refractivity contribution in [3.63, 3.8) is 0 Å². The van der Waals surface area contributed by atoms with Crippen molar-refractivity contribution in [2.75, 3.05) is 40.3 Å². The van der Waals surface area contributed by atoms with Crippen LogP contribution < -0.4 is 10.1 Å². The molecular formula is C26H36F3N5O4. The third-order valence-electron chi connectivity index (χ3n) is 7.74. The van der Waals surface area contributed by atoms with Crippen molar-refractivity contribution < 1.29 is 32.9 Å². The van der Waals surface area contributed by atoms with Gasteiger partial charge in [-0.25, -0.2) is 4.68 Å². The number of piperidine rings is 1. The van der Waals surface area contributed by atoms with Crippen LogP contribution in [-0.4, -0.2) is 94.5 Å². The molecule has 0 spiro atoms. The first-order valence-electron chi connectivity index (χ1n) is 12.9. The van der Waals surface area contributed by atoms with E-state index in [4.69, 9.17) is 0 Å². The van der Waals surface area contributed by atoms with Gasteiger partial charge in [0.1, 0.15) is 11.9 Å². The number of carbonyl (C=O) groups is 1. The van der Waals surface area contributed by atoms with Crippen molar-refractivity contribution in [3.05, 3.63) is 41.2 Å². The van der Waals surface area contributed by atoms with Gasteiger partial charge in [0.25, 0.3) is 0 Å². The number of alkyl halides is 3. The fraction of sp³-hybridized carbons (Fsp3) is 0.615. The smallest absolute Gasteiger partial charge is 0.406 e. The lowest BCUT2D eigenvalue weighted by molar-refractivity contribution is -0.274. The maximum absolute atomic E-state index is 12.8. The Kier molecular flexibility index (Phi) is 8.48. The van der Waals surface area contributed by atoms with Gasteiger partial charge in [-0.1, -0.05) is 6.07 Å². The number of ether oxygens (including phenoxy) is 1. The molecule has 1 saturated heterocycles. The van der Waals surface area contributed by atoms with Gasteiger partial charge in [0, 0.05) is 43.2 Å². The predicted molar refractivity (Wildman–Crippen MR) is 134 cm³/mol. The zero-order valence-electron chi connectivity index (χ0n) is 21.9. The molecule has 1 aliphatic heterocycles. The molecule has 12 heteroatoms. The number of hydrogen-bond acceptors (Lipinski definition) is 8. The molecule has 2 heterocycles. The van der Waals surface area contributed by atoms with E-state index in [1.54, 1.807) is 24.7 Å². The molecule has 1 saturated carbocycles.